The second-order valence-electron chi connectivity index (χ2n) is 3.80. The van der Waals surface area contributed by atoms with E-state index < -0.39 is 0 Å². The van der Waals surface area contributed by atoms with Gasteiger partial charge in [0.05, 0.1) is 11.6 Å². The molecule has 92 valence electrons. The summed E-state index contributed by atoms with van der Waals surface area (Å²) in [6.07, 6.45) is 0. The fourth-order valence-electron chi connectivity index (χ4n) is 1.62. The lowest BCUT2D eigenvalue weighted by Crippen LogP contribution is -2.12. The lowest BCUT2D eigenvalue weighted by Gasteiger charge is -2.03. The molecule has 0 spiro atoms. The minimum Gasteiger partial charge on any atom is -0.386 e. The molecule has 0 saturated carbocycles. The second-order valence-corrected chi connectivity index (χ2v) is 4.06. The summed E-state index contributed by atoms with van der Waals surface area (Å²) in [7, 11) is 0. The standard InChI is InChI=1S/C14H12ClFN2/c15-9-14(17)18-13-6-2-4-11(8-13)10-3-1-5-12(16)7-10/h1-8H,9H2,(H2,17,18). The van der Waals surface area contributed by atoms with Gasteiger partial charge in [0.1, 0.15) is 11.7 Å². The third kappa shape index (κ3) is 3.08. The molecule has 0 aliphatic rings. The van der Waals surface area contributed by atoms with E-state index in [9.17, 15) is 4.39 Å². The molecule has 0 heterocycles. The van der Waals surface area contributed by atoms with Crippen LogP contribution in [0.3, 0.4) is 0 Å². The normalized spacial score (nSPS) is 11.6. The molecule has 4 heteroatoms. The first-order chi connectivity index (χ1) is 8.69. The van der Waals surface area contributed by atoms with E-state index in [1.54, 1.807) is 6.07 Å². The highest BCUT2D eigenvalue weighted by Gasteiger charge is 2.00. The van der Waals surface area contributed by atoms with Crippen LogP contribution in [0.2, 0.25) is 0 Å². The molecule has 0 saturated heterocycles. The highest BCUT2D eigenvalue weighted by Crippen LogP contribution is 2.24. The minimum atomic E-state index is -0.262. The van der Waals surface area contributed by atoms with Crippen LogP contribution in [0.25, 0.3) is 11.1 Å². The Kier molecular flexibility index (Phi) is 3.95. The van der Waals surface area contributed by atoms with E-state index in [1.807, 2.05) is 30.3 Å². The molecule has 2 rings (SSSR count). The third-order valence-electron chi connectivity index (χ3n) is 2.41. The van der Waals surface area contributed by atoms with E-state index >= 15 is 0 Å². The molecule has 0 aliphatic heterocycles. The lowest BCUT2D eigenvalue weighted by molar-refractivity contribution is 0.628. The molecule has 0 bridgehead atoms. The number of nitrogens with two attached hydrogens (primary N) is 1. The van der Waals surface area contributed by atoms with Crippen LogP contribution in [0.1, 0.15) is 0 Å². The van der Waals surface area contributed by atoms with Crippen LogP contribution in [0.15, 0.2) is 53.5 Å². The number of alkyl halides is 1. The van der Waals surface area contributed by atoms with Crippen LogP contribution in [0.5, 0.6) is 0 Å². The molecular weight excluding hydrogens is 251 g/mol. The molecule has 0 amide bonds. The molecule has 0 aromatic heterocycles. The van der Waals surface area contributed by atoms with Gasteiger partial charge in [-0.3, -0.25) is 0 Å². The summed E-state index contributed by atoms with van der Waals surface area (Å²) in [4.78, 5) is 4.15. The molecule has 2 aromatic rings. The maximum atomic E-state index is 13.2. The fourth-order valence-corrected chi connectivity index (χ4v) is 1.68. The summed E-state index contributed by atoms with van der Waals surface area (Å²) in [5, 5.41) is 0. The molecule has 0 fully saturated rings. The molecular formula is C14H12ClFN2. The van der Waals surface area contributed by atoms with Crippen LogP contribution in [-0.4, -0.2) is 11.7 Å². The SMILES string of the molecule is NC(CCl)=Nc1cccc(-c2cccc(F)c2)c1. The molecule has 2 aromatic carbocycles. The second kappa shape index (κ2) is 5.65. The largest absolute Gasteiger partial charge is 0.386 e. The Balaban J connectivity index is 2.38. The first kappa shape index (κ1) is 12.6. The Labute approximate surface area is 110 Å². The van der Waals surface area contributed by atoms with Crippen molar-refractivity contribution >= 4 is 23.1 Å². The number of halogens is 2. The summed E-state index contributed by atoms with van der Waals surface area (Å²) in [6.45, 7) is 0. The zero-order valence-corrected chi connectivity index (χ0v) is 10.4. The van der Waals surface area contributed by atoms with Crippen molar-refractivity contribution < 1.29 is 4.39 Å². The van der Waals surface area contributed by atoms with Crippen molar-refractivity contribution in [2.75, 3.05) is 5.88 Å². The number of hydrogen-bond acceptors (Lipinski definition) is 1. The Morgan fingerprint density at radius 2 is 1.78 bits per heavy atom. The Bertz CT molecular complexity index is 582. The Morgan fingerprint density at radius 3 is 2.44 bits per heavy atom. The minimum absolute atomic E-state index is 0.185. The van der Waals surface area contributed by atoms with Crippen molar-refractivity contribution in [3.8, 4) is 11.1 Å². The van der Waals surface area contributed by atoms with Crippen molar-refractivity contribution in [1.29, 1.82) is 0 Å². The number of hydrogen-bond donors (Lipinski definition) is 1. The molecule has 0 aliphatic carbocycles. The van der Waals surface area contributed by atoms with Gasteiger partial charge in [0, 0.05) is 0 Å². The van der Waals surface area contributed by atoms with Gasteiger partial charge in [-0.25, -0.2) is 9.38 Å². The molecule has 2 nitrogen and oxygen atoms in total. The number of rotatable bonds is 3. The summed E-state index contributed by atoms with van der Waals surface area (Å²) >= 11 is 5.57. The van der Waals surface area contributed by atoms with Crippen LogP contribution >= 0.6 is 11.6 Å². The van der Waals surface area contributed by atoms with Gasteiger partial charge in [0.15, 0.2) is 0 Å². The molecule has 0 radical (unpaired) electrons. The van der Waals surface area contributed by atoms with Gasteiger partial charge in [0.25, 0.3) is 0 Å². The van der Waals surface area contributed by atoms with E-state index in [0.717, 1.165) is 11.1 Å². The fraction of sp³-hybridized carbons (Fsp3) is 0.0714. The smallest absolute Gasteiger partial charge is 0.123 e. The van der Waals surface area contributed by atoms with Gasteiger partial charge in [-0.1, -0.05) is 24.3 Å². The number of amidine groups is 1. The predicted molar refractivity (Wildman–Crippen MR) is 73.8 cm³/mol. The summed E-state index contributed by atoms with van der Waals surface area (Å²) in [6, 6.07) is 13.8. The highest BCUT2D eigenvalue weighted by molar-refractivity contribution is 6.28. The van der Waals surface area contributed by atoms with Crippen LogP contribution in [0, 0.1) is 5.82 Å². The number of benzene rings is 2. The Morgan fingerprint density at radius 1 is 1.11 bits per heavy atom. The topological polar surface area (TPSA) is 38.4 Å². The number of aliphatic imine (C=N–C) groups is 1. The first-order valence-corrected chi connectivity index (χ1v) is 5.97. The van der Waals surface area contributed by atoms with E-state index in [4.69, 9.17) is 17.3 Å². The summed E-state index contributed by atoms with van der Waals surface area (Å²) in [5.41, 5.74) is 7.97. The van der Waals surface area contributed by atoms with E-state index in [0.29, 0.717) is 11.5 Å². The van der Waals surface area contributed by atoms with E-state index in [2.05, 4.69) is 4.99 Å². The maximum absolute atomic E-state index is 13.2. The molecule has 0 atom stereocenters. The van der Waals surface area contributed by atoms with Crippen molar-refractivity contribution in [3.05, 3.63) is 54.3 Å². The zero-order chi connectivity index (χ0) is 13.0. The van der Waals surface area contributed by atoms with Crippen molar-refractivity contribution in [1.82, 2.24) is 0 Å². The Hall–Kier alpha value is -1.87. The van der Waals surface area contributed by atoms with Crippen molar-refractivity contribution in [2.45, 2.75) is 0 Å². The molecule has 18 heavy (non-hydrogen) atoms. The van der Waals surface area contributed by atoms with Gasteiger partial charge in [-0.2, -0.15) is 0 Å². The van der Waals surface area contributed by atoms with Gasteiger partial charge in [0.2, 0.25) is 0 Å². The third-order valence-corrected chi connectivity index (χ3v) is 2.69. The van der Waals surface area contributed by atoms with Crippen molar-refractivity contribution in [3.63, 3.8) is 0 Å². The lowest BCUT2D eigenvalue weighted by atomic mass is 10.1. The molecule has 2 N–H and O–H groups in total. The zero-order valence-electron chi connectivity index (χ0n) is 9.61. The van der Waals surface area contributed by atoms with E-state index in [1.165, 1.54) is 12.1 Å². The average molecular weight is 263 g/mol. The van der Waals surface area contributed by atoms with E-state index in [-0.39, 0.29) is 11.7 Å². The van der Waals surface area contributed by atoms with Gasteiger partial charge < -0.3 is 5.73 Å². The highest BCUT2D eigenvalue weighted by atomic mass is 35.5. The maximum Gasteiger partial charge on any atom is 0.123 e. The quantitative estimate of drug-likeness (QED) is 0.511. The predicted octanol–water partition coefficient (Wildman–Crippen LogP) is 3.72. The van der Waals surface area contributed by atoms with Crippen LogP contribution in [-0.2, 0) is 0 Å². The van der Waals surface area contributed by atoms with Crippen LogP contribution in [0.4, 0.5) is 10.1 Å². The molecule has 0 unspecified atom stereocenters. The van der Waals surface area contributed by atoms with Gasteiger partial charge in [-0.15, -0.1) is 11.6 Å². The van der Waals surface area contributed by atoms with Crippen molar-refractivity contribution in [2.24, 2.45) is 10.7 Å². The average Bonchev–Trinajstić information content (AvgIpc) is 2.39. The number of nitrogens with zero attached hydrogens (tertiary/aromatic N) is 1. The van der Waals surface area contributed by atoms with Gasteiger partial charge in [-0.05, 0) is 35.4 Å². The first-order valence-electron chi connectivity index (χ1n) is 5.44. The van der Waals surface area contributed by atoms with Gasteiger partial charge >= 0.3 is 0 Å². The summed E-state index contributed by atoms with van der Waals surface area (Å²) < 4.78 is 13.2. The van der Waals surface area contributed by atoms with Crippen LogP contribution < -0.4 is 5.73 Å². The summed E-state index contributed by atoms with van der Waals surface area (Å²) in [5.74, 6) is 0.277. The monoisotopic (exact) mass is 262 g/mol.